The van der Waals surface area contributed by atoms with E-state index in [0.717, 1.165) is 10.5 Å². The van der Waals surface area contributed by atoms with Gasteiger partial charge in [-0.1, -0.05) is 35.3 Å². The zero-order chi connectivity index (χ0) is 25.7. The highest BCUT2D eigenvalue weighted by Gasteiger charge is 2.16. The summed E-state index contributed by atoms with van der Waals surface area (Å²) in [5.41, 5.74) is 1.88. The summed E-state index contributed by atoms with van der Waals surface area (Å²) < 4.78 is 0. The van der Waals surface area contributed by atoms with E-state index in [1.807, 2.05) is 0 Å². The number of carboxylic acid groups (broad SMARTS) is 1. The predicted octanol–water partition coefficient (Wildman–Crippen LogP) is 6.80. The lowest BCUT2D eigenvalue weighted by atomic mass is 10.1. The molecule has 0 atom stereocenters. The molecule has 0 aliphatic rings. The lowest BCUT2D eigenvalue weighted by Crippen LogP contribution is -2.16. The Balaban J connectivity index is 1.30. The van der Waals surface area contributed by atoms with Gasteiger partial charge in [0.15, 0.2) is 5.13 Å². The fourth-order valence-electron chi connectivity index (χ4n) is 3.16. The van der Waals surface area contributed by atoms with E-state index in [1.165, 1.54) is 35.2 Å². The van der Waals surface area contributed by atoms with Gasteiger partial charge >= 0.3 is 5.97 Å². The molecule has 4 aromatic rings. The van der Waals surface area contributed by atoms with Crippen LogP contribution in [0, 0.1) is 0 Å². The van der Waals surface area contributed by atoms with Gasteiger partial charge in [0.25, 0.3) is 5.91 Å². The minimum atomic E-state index is -1.17. The van der Waals surface area contributed by atoms with Gasteiger partial charge in [-0.15, -0.1) is 23.1 Å². The van der Waals surface area contributed by atoms with Crippen LogP contribution >= 0.6 is 46.3 Å². The molecule has 2 amide bonds. The number of amides is 2. The van der Waals surface area contributed by atoms with E-state index >= 15 is 0 Å². The average molecular weight is 558 g/mol. The molecule has 0 saturated heterocycles. The largest absolute Gasteiger partial charge is 0.478 e. The van der Waals surface area contributed by atoms with E-state index in [-0.39, 0.29) is 22.8 Å². The molecular formula is C25H17Cl2N3O4S2. The van der Waals surface area contributed by atoms with Gasteiger partial charge in [0.1, 0.15) is 0 Å². The lowest BCUT2D eigenvalue weighted by molar-refractivity contribution is -0.113. The molecule has 0 radical (unpaired) electrons. The molecule has 3 aromatic carbocycles. The lowest BCUT2D eigenvalue weighted by Gasteiger charge is -2.08. The summed E-state index contributed by atoms with van der Waals surface area (Å²) in [6.45, 7) is 0. The van der Waals surface area contributed by atoms with Crippen LogP contribution in [0.15, 0.2) is 77.0 Å². The summed E-state index contributed by atoms with van der Waals surface area (Å²) in [5.74, 6) is -1.75. The number of carbonyl (C=O) groups excluding carboxylic acids is 2. The molecule has 0 fully saturated rings. The van der Waals surface area contributed by atoms with Crippen molar-refractivity contribution in [2.24, 2.45) is 0 Å². The van der Waals surface area contributed by atoms with Crippen LogP contribution in [0.1, 0.15) is 20.7 Å². The van der Waals surface area contributed by atoms with Crippen LogP contribution in [-0.2, 0) is 4.79 Å². The van der Waals surface area contributed by atoms with Crippen LogP contribution in [0.25, 0.3) is 11.3 Å². The third-order valence-corrected chi connectivity index (χ3v) is 7.16. The quantitative estimate of drug-likeness (QED) is 0.205. The fourth-order valence-corrected chi connectivity index (χ4v) is 5.09. The maximum absolute atomic E-state index is 12.5. The minimum Gasteiger partial charge on any atom is -0.478 e. The second-order valence-corrected chi connectivity index (χ2v) is 10.1. The van der Waals surface area contributed by atoms with Gasteiger partial charge < -0.3 is 15.7 Å². The monoisotopic (exact) mass is 557 g/mol. The van der Waals surface area contributed by atoms with E-state index in [2.05, 4.69) is 15.6 Å². The number of hydrogen-bond donors (Lipinski definition) is 3. The topological polar surface area (TPSA) is 108 Å². The van der Waals surface area contributed by atoms with Crippen LogP contribution in [-0.4, -0.2) is 33.6 Å². The van der Waals surface area contributed by atoms with Gasteiger partial charge in [-0.2, -0.15) is 0 Å². The maximum atomic E-state index is 12.5. The van der Waals surface area contributed by atoms with Crippen LogP contribution in [0.2, 0.25) is 10.0 Å². The summed E-state index contributed by atoms with van der Waals surface area (Å²) in [6, 6.07) is 18.0. The SMILES string of the molecule is O=C(CSc1ccc(NC(=O)c2ccccc2C(=O)O)cc1)Nc1nc(-c2ccc(Cl)cc2Cl)cs1. The maximum Gasteiger partial charge on any atom is 0.336 e. The summed E-state index contributed by atoms with van der Waals surface area (Å²) in [6.07, 6.45) is 0. The Kier molecular flexibility index (Phi) is 8.27. The van der Waals surface area contributed by atoms with Crippen molar-refractivity contribution in [2.45, 2.75) is 4.90 Å². The summed E-state index contributed by atoms with van der Waals surface area (Å²) in [5, 5.41) is 18.0. The van der Waals surface area contributed by atoms with E-state index in [0.29, 0.717) is 26.6 Å². The number of benzene rings is 3. The zero-order valence-corrected chi connectivity index (χ0v) is 21.5. The van der Waals surface area contributed by atoms with Gasteiger partial charge in [-0.05, 0) is 54.6 Å². The number of halogens is 2. The third kappa shape index (κ3) is 6.44. The number of nitrogens with zero attached hydrogens (tertiary/aromatic N) is 1. The number of hydrogen-bond acceptors (Lipinski definition) is 6. The summed E-state index contributed by atoms with van der Waals surface area (Å²) in [7, 11) is 0. The van der Waals surface area contributed by atoms with Crippen molar-refractivity contribution in [1.29, 1.82) is 0 Å². The first-order valence-corrected chi connectivity index (χ1v) is 13.0. The molecule has 0 bridgehead atoms. The first kappa shape index (κ1) is 25.7. The number of nitrogens with one attached hydrogen (secondary N) is 2. The molecule has 4 rings (SSSR count). The predicted molar refractivity (Wildman–Crippen MR) is 145 cm³/mol. The van der Waals surface area contributed by atoms with Crippen molar-refractivity contribution < 1.29 is 19.5 Å². The second kappa shape index (κ2) is 11.6. The molecule has 0 unspecified atom stereocenters. The summed E-state index contributed by atoms with van der Waals surface area (Å²) in [4.78, 5) is 41.4. The van der Waals surface area contributed by atoms with Crippen LogP contribution in [0.5, 0.6) is 0 Å². The number of thiazole rings is 1. The first-order chi connectivity index (χ1) is 17.3. The Hall–Kier alpha value is -3.37. The molecule has 36 heavy (non-hydrogen) atoms. The Bertz CT molecular complexity index is 1440. The molecule has 1 aromatic heterocycles. The van der Waals surface area contributed by atoms with Crippen molar-refractivity contribution >= 4 is 74.9 Å². The number of carbonyl (C=O) groups is 3. The van der Waals surface area contributed by atoms with Crippen LogP contribution < -0.4 is 10.6 Å². The van der Waals surface area contributed by atoms with Crippen molar-refractivity contribution in [1.82, 2.24) is 4.98 Å². The number of aromatic nitrogens is 1. The Morgan fingerprint density at radius 1 is 0.944 bits per heavy atom. The normalized spacial score (nSPS) is 10.6. The fraction of sp³-hybridized carbons (Fsp3) is 0.0400. The molecule has 0 spiro atoms. The molecule has 0 aliphatic heterocycles. The highest BCUT2D eigenvalue weighted by Crippen LogP contribution is 2.32. The first-order valence-electron chi connectivity index (χ1n) is 10.4. The van der Waals surface area contributed by atoms with E-state index < -0.39 is 11.9 Å². The van der Waals surface area contributed by atoms with Gasteiger partial charge in [-0.3, -0.25) is 9.59 Å². The van der Waals surface area contributed by atoms with Crippen LogP contribution in [0.3, 0.4) is 0 Å². The van der Waals surface area contributed by atoms with Gasteiger partial charge in [0, 0.05) is 26.5 Å². The number of rotatable bonds is 8. The molecule has 3 N–H and O–H groups in total. The average Bonchev–Trinajstić information content (AvgIpc) is 3.31. The van der Waals surface area contributed by atoms with Gasteiger partial charge in [0.05, 0.1) is 27.6 Å². The van der Waals surface area contributed by atoms with Crippen molar-refractivity contribution in [3.05, 3.63) is 93.3 Å². The molecule has 11 heteroatoms. The molecule has 1 heterocycles. The Morgan fingerprint density at radius 3 is 2.36 bits per heavy atom. The highest BCUT2D eigenvalue weighted by atomic mass is 35.5. The second-order valence-electron chi connectivity index (χ2n) is 7.33. The third-order valence-electron chi connectivity index (χ3n) is 4.84. The zero-order valence-electron chi connectivity index (χ0n) is 18.3. The Labute approximate surface area is 224 Å². The van der Waals surface area contributed by atoms with Gasteiger partial charge in [0.2, 0.25) is 5.91 Å². The van der Waals surface area contributed by atoms with E-state index in [9.17, 15) is 19.5 Å². The van der Waals surface area contributed by atoms with Crippen molar-refractivity contribution in [2.75, 3.05) is 16.4 Å². The van der Waals surface area contributed by atoms with E-state index in [1.54, 1.807) is 60.0 Å². The highest BCUT2D eigenvalue weighted by molar-refractivity contribution is 8.00. The molecule has 0 aliphatic carbocycles. The van der Waals surface area contributed by atoms with E-state index in [4.69, 9.17) is 23.2 Å². The Morgan fingerprint density at radius 2 is 1.67 bits per heavy atom. The molecule has 0 saturated carbocycles. The smallest absolute Gasteiger partial charge is 0.336 e. The standard InChI is InChI=1S/C25H17Cl2N3O4S2/c26-14-5-10-19(20(27)11-14)21-12-36-25(29-21)30-22(31)13-35-16-8-6-15(7-9-16)28-23(32)17-3-1-2-4-18(17)24(33)34/h1-12H,13H2,(H,28,32)(H,33,34)(H,29,30,31). The number of carboxylic acids is 1. The summed E-state index contributed by atoms with van der Waals surface area (Å²) >= 11 is 14.8. The molecule has 7 nitrogen and oxygen atoms in total. The van der Waals surface area contributed by atoms with Crippen molar-refractivity contribution in [3.63, 3.8) is 0 Å². The number of anilines is 2. The molecular weight excluding hydrogens is 541 g/mol. The number of aromatic carboxylic acids is 1. The minimum absolute atomic E-state index is 0.0724. The van der Waals surface area contributed by atoms with Crippen LogP contribution in [0.4, 0.5) is 10.8 Å². The van der Waals surface area contributed by atoms with Crippen molar-refractivity contribution in [3.8, 4) is 11.3 Å². The van der Waals surface area contributed by atoms with Gasteiger partial charge in [-0.25, -0.2) is 9.78 Å². The molecule has 182 valence electrons. The number of thioether (sulfide) groups is 1.